The van der Waals surface area contributed by atoms with Gasteiger partial charge in [0.15, 0.2) is 0 Å². The Hall–Kier alpha value is -1.63. The molecule has 21 heavy (non-hydrogen) atoms. The Morgan fingerprint density at radius 1 is 1.24 bits per heavy atom. The lowest BCUT2D eigenvalue weighted by atomic mass is 9.78. The van der Waals surface area contributed by atoms with Crippen LogP contribution in [0, 0.1) is 11.8 Å². The van der Waals surface area contributed by atoms with Crippen molar-refractivity contribution in [2.45, 2.75) is 38.6 Å². The molecule has 120 valence electrons. The van der Waals surface area contributed by atoms with Gasteiger partial charge in [-0.1, -0.05) is 12.8 Å². The lowest BCUT2D eigenvalue weighted by Gasteiger charge is -2.28. The van der Waals surface area contributed by atoms with Gasteiger partial charge >= 0.3 is 5.97 Å². The van der Waals surface area contributed by atoms with Crippen molar-refractivity contribution < 1.29 is 24.2 Å². The second-order valence-electron chi connectivity index (χ2n) is 5.35. The molecule has 3 N–H and O–H groups in total. The first-order valence-electron chi connectivity index (χ1n) is 7.27. The Kier molecular flexibility index (Phi) is 7.14. The fraction of sp³-hybridized carbons (Fsp3) is 0.786. The molecule has 1 fully saturated rings. The molecule has 0 spiro atoms. The van der Waals surface area contributed by atoms with Crippen molar-refractivity contribution in [2.24, 2.45) is 11.8 Å². The zero-order valence-electron chi connectivity index (χ0n) is 12.6. The maximum absolute atomic E-state index is 12.2. The first-order chi connectivity index (χ1) is 9.97. The van der Waals surface area contributed by atoms with E-state index in [4.69, 9.17) is 4.74 Å². The number of aliphatic carboxylic acids is 1. The molecular formula is C14H24N2O5. The first-order valence-corrected chi connectivity index (χ1v) is 7.27. The predicted molar refractivity (Wildman–Crippen MR) is 75.6 cm³/mol. The molecule has 3 atom stereocenters. The highest BCUT2D eigenvalue weighted by molar-refractivity contribution is 5.90. The molecule has 0 aliphatic heterocycles. The second kappa shape index (κ2) is 8.61. The lowest BCUT2D eigenvalue weighted by molar-refractivity contribution is -0.149. The molecule has 0 aromatic rings. The Morgan fingerprint density at radius 3 is 2.43 bits per heavy atom. The van der Waals surface area contributed by atoms with Crippen LogP contribution in [-0.2, 0) is 19.1 Å². The molecule has 1 aliphatic carbocycles. The fourth-order valence-corrected chi connectivity index (χ4v) is 2.56. The number of carboxylic acid groups (broad SMARTS) is 1. The van der Waals surface area contributed by atoms with Crippen LogP contribution < -0.4 is 10.6 Å². The van der Waals surface area contributed by atoms with Gasteiger partial charge in [0, 0.05) is 13.7 Å². The molecule has 0 aromatic carbocycles. The van der Waals surface area contributed by atoms with Crippen molar-refractivity contribution >= 4 is 17.8 Å². The van der Waals surface area contributed by atoms with Gasteiger partial charge in [-0.15, -0.1) is 0 Å². The number of carbonyl (C=O) groups excluding carboxylic acids is 2. The van der Waals surface area contributed by atoms with Crippen LogP contribution in [-0.4, -0.2) is 49.2 Å². The van der Waals surface area contributed by atoms with Crippen molar-refractivity contribution in [3.8, 4) is 0 Å². The smallest absolute Gasteiger partial charge is 0.307 e. The lowest BCUT2D eigenvalue weighted by Crippen LogP contribution is -2.49. The summed E-state index contributed by atoms with van der Waals surface area (Å²) in [5.41, 5.74) is 0. The number of carboxylic acids is 1. The third kappa shape index (κ3) is 5.34. The number of amides is 2. The summed E-state index contributed by atoms with van der Waals surface area (Å²) in [4.78, 5) is 35.1. The van der Waals surface area contributed by atoms with Gasteiger partial charge in [0.05, 0.1) is 18.4 Å². The number of hydrogen-bond acceptors (Lipinski definition) is 4. The van der Waals surface area contributed by atoms with Gasteiger partial charge in [-0.3, -0.25) is 14.4 Å². The molecule has 1 unspecified atom stereocenters. The van der Waals surface area contributed by atoms with Gasteiger partial charge in [-0.2, -0.15) is 0 Å². The standard InChI is InChI=1S/C14H24N2O5/c1-9(12(17)15-7-8-21-2)16-13(18)10-5-3-4-6-11(10)14(19)20/h9-11H,3-8H2,1-2H3,(H,15,17)(H,16,18)(H,19,20)/t9?,10-,11+/m1/s1. The van der Waals surface area contributed by atoms with E-state index in [1.54, 1.807) is 6.92 Å². The number of ether oxygens (including phenoxy) is 1. The summed E-state index contributed by atoms with van der Waals surface area (Å²) < 4.78 is 4.82. The van der Waals surface area contributed by atoms with Crippen molar-refractivity contribution in [1.29, 1.82) is 0 Å². The van der Waals surface area contributed by atoms with Crippen LogP contribution in [0.15, 0.2) is 0 Å². The van der Waals surface area contributed by atoms with E-state index in [2.05, 4.69) is 10.6 Å². The van der Waals surface area contributed by atoms with E-state index < -0.39 is 23.8 Å². The largest absolute Gasteiger partial charge is 0.481 e. The Morgan fingerprint density at radius 2 is 1.86 bits per heavy atom. The van der Waals surface area contributed by atoms with Crippen LogP contribution >= 0.6 is 0 Å². The normalized spacial score (nSPS) is 23.1. The maximum Gasteiger partial charge on any atom is 0.307 e. The van der Waals surface area contributed by atoms with Gasteiger partial charge in [-0.05, 0) is 19.8 Å². The summed E-state index contributed by atoms with van der Waals surface area (Å²) in [6, 6.07) is -0.689. The molecular weight excluding hydrogens is 276 g/mol. The summed E-state index contributed by atoms with van der Waals surface area (Å²) in [6.45, 7) is 2.35. The van der Waals surface area contributed by atoms with Crippen LogP contribution in [0.5, 0.6) is 0 Å². The van der Waals surface area contributed by atoms with Gasteiger partial charge in [0.1, 0.15) is 6.04 Å². The molecule has 1 saturated carbocycles. The van der Waals surface area contributed by atoms with Crippen LogP contribution in [0.3, 0.4) is 0 Å². The third-order valence-electron chi connectivity index (χ3n) is 3.78. The molecule has 2 amide bonds. The predicted octanol–water partition coefficient (Wildman–Crippen LogP) is 0.145. The fourth-order valence-electron chi connectivity index (χ4n) is 2.56. The number of hydrogen-bond donors (Lipinski definition) is 3. The van der Waals surface area contributed by atoms with Gasteiger partial charge < -0.3 is 20.5 Å². The Balaban J connectivity index is 2.50. The van der Waals surface area contributed by atoms with E-state index in [0.717, 1.165) is 12.8 Å². The minimum Gasteiger partial charge on any atom is -0.481 e. The molecule has 0 heterocycles. The summed E-state index contributed by atoms with van der Waals surface area (Å²) in [7, 11) is 1.53. The highest BCUT2D eigenvalue weighted by Crippen LogP contribution is 2.30. The molecule has 0 radical (unpaired) electrons. The Labute approximate surface area is 124 Å². The molecule has 7 heteroatoms. The summed E-state index contributed by atoms with van der Waals surface area (Å²) in [5, 5.41) is 14.4. The van der Waals surface area contributed by atoms with E-state index >= 15 is 0 Å². The van der Waals surface area contributed by atoms with Crippen LogP contribution in [0.2, 0.25) is 0 Å². The first kappa shape index (κ1) is 17.4. The average molecular weight is 300 g/mol. The van der Waals surface area contributed by atoms with Crippen molar-refractivity contribution in [1.82, 2.24) is 10.6 Å². The second-order valence-corrected chi connectivity index (χ2v) is 5.35. The summed E-state index contributed by atoms with van der Waals surface area (Å²) in [5.74, 6) is -2.79. The molecule has 1 rings (SSSR count). The van der Waals surface area contributed by atoms with E-state index in [-0.39, 0.29) is 11.8 Å². The zero-order valence-corrected chi connectivity index (χ0v) is 12.6. The minimum atomic E-state index is -0.938. The number of carbonyl (C=O) groups is 3. The van der Waals surface area contributed by atoms with E-state index in [9.17, 15) is 19.5 Å². The van der Waals surface area contributed by atoms with Crippen LogP contribution in [0.1, 0.15) is 32.6 Å². The minimum absolute atomic E-state index is 0.303. The SMILES string of the molecule is COCCNC(=O)C(C)NC(=O)[C@@H]1CCCC[C@@H]1C(=O)O. The zero-order chi connectivity index (χ0) is 15.8. The molecule has 1 aliphatic rings. The van der Waals surface area contributed by atoms with E-state index in [0.29, 0.717) is 26.0 Å². The van der Waals surface area contributed by atoms with Gasteiger partial charge in [0.25, 0.3) is 0 Å². The van der Waals surface area contributed by atoms with Crippen LogP contribution in [0.4, 0.5) is 0 Å². The van der Waals surface area contributed by atoms with E-state index in [1.165, 1.54) is 7.11 Å². The van der Waals surface area contributed by atoms with Crippen molar-refractivity contribution in [2.75, 3.05) is 20.3 Å². The molecule has 0 saturated heterocycles. The molecule has 7 nitrogen and oxygen atoms in total. The van der Waals surface area contributed by atoms with E-state index in [1.807, 2.05) is 0 Å². The summed E-state index contributed by atoms with van der Waals surface area (Å²) >= 11 is 0. The molecule has 0 aromatic heterocycles. The van der Waals surface area contributed by atoms with Crippen LogP contribution in [0.25, 0.3) is 0 Å². The maximum atomic E-state index is 12.2. The van der Waals surface area contributed by atoms with Crippen molar-refractivity contribution in [3.05, 3.63) is 0 Å². The number of nitrogens with one attached hydrogen (secondary N) is 2. The summed E-state index contributed by atoms with van der Waals surface area (Å²) in [6.07, 6.45) is 2.74. The highest BCUT2D eigenvalue weighted by Gasteiger charge is 2.36. The monoisotopic (exact) mass is 300 g/mol. The average Bonchev–Trinajstić information content (AvgIpc) is 2.47. The molecule has 0 bridgehead atoms. The third-order valence-corrected chi connectivity index (χ3v) is 3.78. The number of methoxy groups -OCH3 is 1. The quantitative estimate of drug-likeness (QED) is 0.580. The number of rotatable bonds is 7. The topological polar surface area (TPSA) is 105 Å². The Bertz CT molecular complexity index is 386. The van der Waals surface area contributed by atoms with Crippen molar-refractivity contribution in [3.63, 3.8) is 0 Å². The van der Waals surface area contributed by atoms with Gasteiger partial charge in [-0.25, -0.2) is 0 Å². The highest BCUT2D eigenvalue weighted by atomic mass is 16.5. The van der Waals surface area contributed by atoms with Gasteiger partial charge in [0.2, 0.25) is 11.8 Å².